The number of rotatable bonds is 3. The molecule has 1 aromatic rings. The number of halogens is 1. The van der Waals surface area contributed by atoms with Crippen LogP contribution in [0.15, 0.2) is 10.7 Å². The predicted molar refractivity (Wildman–Crippen MR) is 54.2 cm³/mol. The van der Waals surface area contributed by atoms with Crippen LogP contribution in [-0.2, 0) is 12.1 Å². The molecule has 0 spiro atoms. The fraction of sp³-hybridized carbons (Fsp3) is 0.625. The molecule has 0 radical (unpaired) electrons. The van der Waals surface area contributed by atoms with E-state index >= 15 is 0 Å². The molecule has 13 heavy (non-hydrogen) atoms. The van der Waals surface area contributed by atoms with Gasteiger partial charge in [0.15, 0.2) is 0 Å². The van der Waals surface area contributed by atoms with Gasteiger partial charge in [0.05, 0.1) is 16.4 Å². The van der Waals surface area contributed by atoms with E-state index < -0.39 is 5.60 Å². The van der Waals surface area contributed by atoms with E-state index in [0.29, 0.717) is 0 Å². The minimum atomic E-state index is -1.02. The van der Waals surface area contributed by atoms with Gasteiger partial charge in [0, 0.05) is 13.1 Å². The number of aliphatic hydroxyl groups is 1. The monoisotopic (exact) mass is 247 g/mol. The highest BCUT2D eigenvalue weighted by molar-refractivity contribution is 9.10. The zero-order valence-corrected chi connectivity index (χ0v) is 9.37. The van der Waals surface area contributed by atoms with Crippen LogP contribution in [0.5, 0.6) is 0 Å². The maximum absolute atomic E-state index is 9.96. The van der Waals surface area contributed by atoms with Gasteiger partial charge in [0.2, 0.25) is 0 Å². The van der Waals surface area contributed by atoms with Gasteiger partial charge < -0.3 is 10.8 Å². The van der Waals surface area contributed by atoms with Crippen LogP contribution in [0, 0.1) is 0 Å². The molecule has 0 aliphatic carbocycles. The molecule has 1 rings (SSSR count). The van der Waals surface area contributed by atoms with Crippen LogP contribution in [0.1, 0.15) is 19.5 Å². The van der Waals surface area contributed by atoms with Crippen molar-refractivity contribution in [2.75, 3.05) is 6.54 Å². The first-order valence-electron chi connectivity index (χ1n) is 4.17. The molecule has 1 atom stereocenters. The Morgan fingerprint density at radius 1 is 1.77 bits per heavy atom. The lowest BCUT2D eigenvalue weighted by Gasteiger charge is -2.22. The molecular formula is C8H14BrN3O. The molecule has 4 nitrogen and oxygen atoms in total. The summed E-state index contributed by atoms with van der Waals surface area (Å²) in [5.41, 5.74) is 5.19. The van der Waals surface area contributed by atoms with Gasteiger partial charge in [0.1, 0.15) is 5.60 Å². The van der Waals surface area contributed by atoms with Crippen molar-refractivity contribution in [1.82, 2.24) is 9.78 Å². The molecule has 74 valence electrons. The number of aromatic nitrogens is 2. The normalized spacial score (nSPS) is 15.8. The van der Waals surface area contributed by atoms with Crippen molar-refractivity contribution in [3.05, 3.63) is 16.4 Å². The van der Waals surface area contributed by atoms with Gasteiger partial charge in [-0.05, 0) is 29.8 Å². The number of nitrogens with two attached hydrogens (primary N) is 1. The molecule has 0 saturated heterocycles. The summed E-state index contributed by atoms with van der Waals surface area (Å²) < 4.78 is 2.53. The summed E-state index contributed by atoms with van der Waals surface area (Å²) in [4.78, 5) is 0. The summed E-state index contributed by atoms with van der Waals surface area (Å²) in [6.07, 6.45) is 1.67. The molecule has 5 heteroatoms. The van der Waals surface area contributed by atoms with Gasteiger partial charge in [-0.3, -0.25) is 4.68 Å². The van der Waals surface area contributed by atoms with Crippen LogP contribution in [0.25, 0.3) is 0 Å². The van der Waals surface area contributed by atoms with E-state index in [2.05, 4.69) is 21.0 Å². The molecule has 3 N–H and O–H groups in total. The Morgan fingerprint density at radius 2 is 2.38 bits per heavy atom. The average Bonchev–Trinajstić information content (AvgIpc) is 2.47. The summed E-state index contributed by atoms with van der Waals surface area (Å²) >= 11 is 3.34. The number of nitrogens with zero attached hydrogens (tertiary/aromatic N) is 2. The molecule has 0 aliphatic rings. The Morgan fingerprint density at radius 3 is 2.85 bits per heavy atom. The number of aryl methyl sites for hydroxylation is 1. The topological polar surface area (TPSA) is 64.1 Å². The summed E-state index contributed by atoms with van der Waals surface area (Å²) in [7, 11) is 0. The van der Waals surface area contributed by atoms with E-state index in [9.17, 15) is 5.11 Å². The third-order valence-corrected chi connectivity index (χ3v) is 2.58. The highest BCUT2D eigenvalue weighted by Gasteiger charge is 2.27. The molecule has 0 fully saturated rings. The molecule has 1 heterocycles. The number of hydrogen-bond acceptors (Lipinski definition) is 3. The lowest BCUT2D eigenvalue weighted by atomic mass is 10.0. The highest BCUT2D eigenvalue weighted by Crippen LogP contribution is 2.27. The quantitative estimate of drug-likeness (QED) is 0.832. The Kier molecular flexibility index (Phi) is 3.10. The molecule has 1 aromatic heterocycles. The van der Waals surface area contributed by atoms with Crippen molar-refractivity contribution >= 4 is 15.9 Å². The first-order chi connectivity index (χ1) is 6.03. The first kappa shape index (κ1) is 10.7. The van der Waals surface area contributed by atoms with Crippen molar-refractivity contribution in [3.8, 4) is 0 Å². The Labute approximate surface area is 85.9 Å². The van der Waals surface area contributed by atoms with Crippen LogP contribution >= 0.6 is 15.9 Å². The largest absolute Gasteiger partial charge is 0.382 e. The zero-order valence-electron chi connectivity index (χ0n) is 7.79. The van der Waals surface area contributed by atoms with E-state index in [-0.39, 0.29) is 6.54 Å². The lowest BCUT2D eigenvalue weighted by molar-refractivity contribution is 0.0563. The SMILES string of the molecule is CCn1ncc(Br)c1C(C)(O)CN. The molecule has 0 bridgehead atoms. The van der Waals surface area contributed by atoms with Crippen molar-refractivity contribution in [2.24, 2.45) is 5.73 Å². The zero-order chi connectivity index (χ0) is 10.1. The Balaban J connectivity index is 3.18. The molecule has 0 aromatic carbocycles. The van der Waals surface area contributed by atoms with Gasteiger partial charge in [0.25, 0.3) is 0 Å². The van der Waals surface area contributed by atoms with E-state index in [4.69, 9.17) is 5.73 Å². The minimum Gasteiger partial charge on any atom is -0.382 e. The van der Waals surface area contributed by atoms with Gasteiger partial charge in [-0.25, -0.2) is 0 Å². The van der Waals surface area contributed by atoms with Gasteiger partial charge in [-0.15, -0.1) is 0 Å². The van der Waals surface area contributed by atoms with Crippen molar-refractivity contribution in [3.63, 3.8) is 0 Å². The van der Waals surface area contributed by atoms with Crippen LogP contribution in [-0.4, -0.2) is 21.4 Å². The van der Waals surface area contributed by atoms with Crippen molar-refractivity contribution in [1.29, 1.82) is 0 Å². The van der Waals surface area contributed by atoms with E-state index in [0.717, 1.165) is 16.7 Å². The average molecular weight is 248 g/mol. The van der Waals surface area contributed by atoms with E-state index in [1.807, 2.05) is 6.92 Å². The Hall–Kier alpha value is -0.390. The van der Waals surface area contributed by atoms with Crippen LogP contribution < -0.4 is 5.73 Å². The first-order valence-corrected chi connectivity index (χ1v) is 4.96. The fourth-order valence-electron chi connectivity index (χ4n) is 1.23. The van der Waals surface area contributed by atoms with E-state index in [1.54, 1.807) is 17.8 Å². The van der Waals surface area contributed by atoms with Crippen LogP contribution in [0.3, 0.4) is 0 Å². The van der Waals surface area contributed by atoms with Gasteiger partial charge in [-0.1, -0.05) is 0 Å². The summed E-state index contributed by atoms with van der Waals surface area (Å²) in [5, 5.41) is 14.1. The molecule has 0 amide bonds. The third kappa shape index (κ3) is 1.92. The predicted octanol–water partition coefficient (Wildman–Crippen LogP) is 0.832. The maximum Gasteiger partial charge on any atom is 0.117 e. The summed E-state index contributed by atoms with van der Waals surface area (Å²) in [6, 6.07) is 0. The second kappa shape index (κ2) is 3.77. The second-order valence-corrected chi connectivity index (χ2v) is 3.99. The standard InChI is InChI=1S/C8H14BrN3O/c1-3-12-7(6(9)4-11-12)8(2,13)5-10/h4,13H,3,5,10H2,1-2H3. The lowest BCUT2D eigenvalue weighted by Crippen LogP contribution is -2.34. The summed E-state index contributed by atoms with van der Waals surface area (Å²) in [6.45, 7) is 4.55. The van der Waals surface area contributed by atoms with Gasteiger partial charge in [-0.2, -0.15) is 5.10 Å². The van der Waals surface area contributed by atoms with Crippen LogP contribution in [0.4, 0.5) is 0 Å². The van der Waals surface area contributed by atoms with Crippen molar-refractivity contribution < 1.29 is 5.11 Å². The van der Waals surface area contributed by atoms with Crippen LogP contribution in [0.2, 0.25) is 0 Å². The molecule has 0 aliphatic heterocycles. The highest BCUT2D eigenvalue weighted by atomic mass is 79.9. The number of hydrogen-bond donors (Lipinski definition) is 2. The maximum atomic E-state index is 9.96. The molecule has 1 unspecified atom stereocenters. The molecular weight excluding hydrogens is 234 g/mol. The third-order valence-electron chi connectivity index (χ3n) is 2.00. The van der Waals surface area contributed by atoms with Gasteiger partial charge >= 0.3 is 0 Å². The van der Waals surface area contributed by atoms with Crippen molar-refractivity contribution in [2.45, 2.75) is 26.0 Å². The smallest absolute Gasteiger partial charge is 0.117 e. The fourth-order valence-corrected chi connectivity index (χ4v) is 1.96. The second-order valence-electron chi connectivity index (χ2n) is 3.13. The van der Waals surface area contributed by atoms with E-state index in [1.165, 1.54) is 0 Å². The minimum absolute atomic E-state index is 0.178. The Bertz CT molecular complexity index is 296. The summed E-state index contributed by atoms with van der Waals surface area (Å²) in [5.74, 6) is 0. The molecule has 0 saturated carbocycles.